The minimum atomic E-state index is 0.109. The molecule has 0 fully saturated rings. The molecule has 0 aromatic heterocycles. The molecule has 0 radical (unpaired) electrons. The molecular formula is C13H16N2O2S. The Morgan fingerprint density at radius 2 is 2.22 bits per heavy atom. The highest BCUT2D eigenvalue weighted by molar-refractivity contribution is 8.00. The molecule has 0 bridgehead atoms. The summed E-state index contributed by atoms with van der Waals surface area (Å²) < 4.78 is 0. The van der Waals surface area contributed by atoms with E-state index in [0.717, 1.165) is 23.4 Å². The van der Waals surface area contributed by atoms with Gasteiger partial charge in [0, 0.05) is 23.5 Å². The van der Waals surface area contributed by atoms with Gasteiger partial charge in [0.05, 0.1) is 11.4 Å². The minimum absolute atomic E-state index is 0.109. The number of rotatable bonds is 4. The Bertz CT molecular complexity index is 474. The number of nitrogens with zero attached hydrogens (tertiary/aromatic N) is 2. The van der Waals surface area contributed by atoms with Gasteiger partial charge in [-0.2, -0.15) is 0 Å². The molecule has 1 amide bonds. The summed E-state index contributed by atoms with van der Waals surface area (Å²) in [6.45, 7) is 1.46. The molecule has 0 saturated heterocycles. The maximum atomic E-state index is 12.0. The number of carbonyl (C=O) groups is 2. The monoisotopic (exact) mass is 264 g/mol. The number of aldehydes is 1. The predicted octanol–water partition coefficient (Wildman–Crippen LogP) is 1.50. The van der Waals surface area contributed by atoms with Crippen molar-refractivity contribution in [3.8, 4) is 0 Å². The first kappa shape index (κ1) is 13.1. The van der Waals surface area contributed by atoms with Crippen LogP contribution in [0.15, 0.2) is 23.1 Å². The second-order valence-corrected chi connectivity index (χ2v) is 5.50. The van der Waals surface area contributed by atoms with E-state index in [-0.39, 0.29) is 5.91 Å². The van der Waals surface area contributed by atoms with Crippen molar-refractivity contribution < 1.29 is 9.59 Å². The van der Waals surface area contributed by atoms with Gasteiger partial charge >= 0.3 is 0 Å². The Hall–Kier alpha value is -1.33. The average molecular weight is 264 g/mol. The summed E-state index contributed by atoms with van der Waals surface area (Å²) in [5.41, 5.74) is 1.47. The van der Waals surface area contributed by atoms with Gasteiger partial charge in [0.15, 0.2) is 0 Å². The predicted molar refractivity (Wildman–Crippen MR) is 73.5 cm³/mol. The molecule has 1 aromatic carbocycles. The van der Waals surface area contributed by atoms with Gasteiger partial charge in [-0.15, -0.1) is 11.8 Å². The van der Waals surface area contributed by atoms with Crippen LogP contribution < -0.4 is 4.90 Å². The molecule has 0 saturated carbocycles. The number of fused-ring (bicyclic) bond motifs is 1. The molecule has 0 aliphatic carbocycles. The molecule has 0 atom stereocenters. The summed E-state index contributed by atoms with van der Waals surface area (Å²) >= 11 is 1.53. The van der Waals surface area contributed by atoms with Crippen molar-refractivity contribution >= 4 is 29.6 Å². The zero-order valence-corrected chi connectivity index (χ0v) is 11.4. The number of likely N-dealkylation sites (N-methyl/N-ethyl adjacent to an activating group) is 1. The highest BCUT2D eigenvalue weighted by Gasteiger charge is 2.24. The second kappa shape index (κ2) is 5.54. The average Bonchev–Trinajstić information content (AvgIpc) is 2.36. The van der Waals surface area contributed by atoms with Gasteiger partial charge in [0.2, 0.25) is 5.91 Å². The molecular weight excluding hydrogens is 248 g/mol. The lowest BCUT2D eigenvalue weighted by molar-refractivity contribution is -0.116. The highest BCUT2D eigenvalue weighted by Crippen LogP contribution is 2.35. The van der Waals surface area contributed by atoms with Crippen LogP contribution in [0.1, 0.15) is 10.4 Å². The molecule has 5 heteroatoms. The highest BCUT2D eigenvalue weighted by atomic mass is 32.2. The van der Waals surface area contributed by atoms with Crippen LogP contribution in [0.5, 0.6) is 0 Å². The number of carbonyl (C=O) groups excluding carboxylic acids is 2. The summed E-state index contributed by atoms with van der Waals surface area (Å²) in [7, 11) is 3.96. The quantitative estimate of drug-likeness (QED) is 0.773. The molecule has 0 spiro atoms. The smallest absolute Gasteiger partial charge is 0.237 e. The first-order valence-electron chi connectivity index (χ1n) is 5.79. The van der Waals surface area contributed by atoms with E-state index in [9.17, 15) is 9.59 Å². The van der Waals surface area contributed by atoms with E-state index in [4.69, 9.17) is 0 Å². The van der Waals surface area contributed by atoms with E-state index in [2.05, 4.69) is 0 Å². The first-order chi connectivity index (χ1) is 8.61. The Labute approximate surface area is 111 Å². The fraction of sp³-hybridized carbons (Fsp3) is 0.385. The van der Waals surface area contributed by atoms with Gasteiger partial charge in [-0.25, -0.2) is 0 Å². The van der Waals surface area contributed by atoms with Crippen LogP contribution in [-0.2, 0) is 4.79 Å². The molecule has 1 aromatic rings. The Kier molecular flexibility index (Phi) is 4.04. The SMILES string of the molecule is CN(C)CCN1C(=O)CSc2ccc(C=O)cc21. The van der Waals surface area contributed by atoms with Crippen LogP contribution in [-0.4, -0.2) is 50.0 Å². The van der Waals surface area contributed by atoms with Gasteiger partial charge in [-0.3, -0.25) is 9.59 Å². The van der Waals surface area contributed by atoms with Crippen molar-refractivity contribution in [1.82, 2.24) is 4.90 Å². The molecule has 1 heterocycles. The fourth-order valence-corrected chi connectivity index (χ4v) is 2.75. The van der Waals surface area contributed by atoms with E-state index in [1.54, 1.807) is 17.0 Å². The Balaban J connectivity index is 2.29. The van der Waals surface area contributed by atoms with Crippen molar-refractivity contribution in [2.75, 3.05) is 37.8 Å². The zero-order valence-electron chi connectivity index (χ0n) is 10.5. The van der Waals surface area contributed by atoms with Crippen molar-refractivity contribution in [1.29, 1.82) is 0 Å². The van der Waals surface area contributed by atoms with E-state index in [1.807, 2.05) is 25.1 Å². The number of benzene rings is 1. The number of anilines is 1. The molecule has 4 nitrogen and oxygen atoms in total. The van der Waals surface area contributed by atoms with Gasteiger partial charge < -0.3 is 9.80 Å². The van der Waals surface area contributed by atoms with Crippen LogP contribution in [0, 0.1) is 0 Å². The van der Waals surface area contributed by atoms with Crippen molar-refractivity contribution in [3.05, 3.63) is 23.8 Å². The van der Waals surface area contributed by atoms with Gasteiger partial charge in [-0.05, 0) is 26.2 Å². The normalized spacial score (nSPS) is 14.8. The lowest BCUT2D eigenvalue weighted by atomic mass is 10.2. The Morgan fingerprint density at radius 1 is 1.44 bits per heavy atom. The maximum absolute atomic E-state index is 12.0. The summed E-state index contributed by atoms with van der Waals surface area (Å²) in [6.07, 6.45) is 0.814. The van der Waals surface area contributed by atoms with Crippen LogP contribution in [0.4, 0.5) is 5.69 Å². The standard InChI is InChI=1S/C13H16N2O2S/c1-14(2)5-6-15-11-7-10(8-16)3-4-12(11)18-9-13(15)17/h3-4,7-8H,5-6,9H2,1-2H3. The largest absolute Gasteiger partial charge is 0.309 e. The van der Waals surface area contributed by atoms with Gasteiger partial charge in [0.1, 0.15) is 6.29 Å². The minimum Gasteiger partial charge on any atom is -0.309 e. The topological polar surface area (TPSA) is 40.6 Å². The maximum Gasteiger partial charge on any atom is 0.237 e. The van der Waals surface area contributed by atoms with Crippen LogP contribution in [0.2, 0.25) is 0 Å². The van der Waals surface area contributed by atoms with E-state index >= 15 is 0 Å². The second-order valence-electron chi connectivity index (χ2n) is 4.48. The van der Waals surface area contributed by atoms with Crippen molar-refractivity contribution in [3.63, 3.8) is 0 Å². The lowest BCUT2D eigenvalue weighted by Crippen LogP contribution is -2.39. The van der Waals surface area contributed by atoms with Crippen molar-refractivity contribution in [2.24, 2.45) is 0 Å². The van der Waals surface area contributed by atoms with E-state index in [1.165, 1.54) is 11.8 Å². The third kappa shape index (κ3) is 2.73. The number of hydrogen-bond donors (Lipinski definition) is 0. The van der Waals surface area contributed by atoms with E-state index in [0.29, 0.717) is 17.9 Å². The number of amides is 1. The lowest BCUT2D eigenvalue weighted by Gasteiger charge is -2.30. The summed E-state index contributed by atoms with van der Waals surface area (Å²) in [6, 6.07) is 5.50. The summed E-state index contributed by atoms with van der Waals surface area (Å²) in [5, 5.41) is 0. The van der Waals surface area contributed by atoms with Gasteiger partial charge in [0.25, 0.3) is 0 Å². The molecule has 2 rings (SSSR count). The van der Waals surface area contributed by atoms with E-state index < -0.39 is 0 Å². The molecule has 18 heavy (non-hydrogen) atoms. The van der Waals surface area contributed by atoms with Crippen LogP contribution in [0.3, 0.4) is 0 Å². The molecule has 0 N–H and O–H groups in total. The van der Waals surface area contributed by atoms with Crippen molar-refractivity contribution in [2.45, 2.75) is 4.90 Å². The van der Waals surface area contributed by atoms with Crippen LogP contribution >= 0.6 is 11.8 Å². The third-order valence-electron chi connectivity index (χ3n) is 2.83. The molecule has 96 valence electrons. The number of thioether (sulfide) groups is 1. The van der Waals surface area contributed by atoms with Gasteiger partial charge in [-0.1, -0.05) is 6.07 Å². The zero-order chi connectivity index (χ0) is 13.1. The van der Waals surface area contributed by atoms with Crippen LogP contribution in [0.25, 0.3) is 0 Å². The molecule has 1 aliphatic rings. The third-order valence-corrected chi connectivity index (χ3v) is 3.88. The fourth-order valence-electron chi connectivity index (χ4n) is 1.84. The Morgan fingerprint density at radius 3 is 2.89 bits per heavy atom. The first-order valence-corrected chi connectivity index (χ1v) is 6.77. The summed E-state index contributed by atoms with van der Waals surface area (Å²) in [5.74, 6) is 0.582. The molecule has 1 aliphatic heterocycles. The molecule has 0 unspecified atom stereocenters. The summed E-state index contributed by atoms with van der Waals surface area (Å²) in [4.78, 5) is 27.7. The number of hydrogen-bond acceptors (Lipinski definition) is 4.